The highest BCUT2D eigenvalue weighted by Crippen LogP contribution is 2.20. The second-order valence-corrected chi connectivity index (χ2v) is 5.56. The number of carbonyl (C=O) groups is 2. The molecular weight excluding hydrogens is 238 g/mol. The first-order valence-corrected chi connectivity index (χ1v) is 6.09. The third-order valence-electron chi connectivity index (χ3n) is 2.84. The minimum absolute atomic E-state index is 0.246. The molecule has 1 fully saturated rings. The molecule has 0 aliphatic carbocycles. The Morgan fingerprint density at radius 2 is 1.78 bits per heavy atom. The van der Waals surface area contributed by atoms with Gasteiger partial charge in [-0.1, -0.05) is 0 Å². The fraction of sp³-hybridized carbons (Fsp3) is 0.833. The molecule has 1 aliphatic rings. The molecule has 6 heteroatoms. The predicted octanol–water partition coefficient (Wildman–Crippen LogP) is 1.08. The lowest BCUT2D eigenvalue weighted by atomic mass is 9.98. The highest BCUT2D eigenvalue weighted by atomic mass is 16.6. The predicted molar refractivity (Wildman–Crippen MR) is 64.2 cm³/mol. The smallest absolute Gasteiger partial charge is 0.410 e. The average Bonchev–Trinajstić information content (AvgIpc) is 2.37. The molecule has 1 aliphatic heterocycles. The molecule has 0 aromatic heterocycles. The second kappa shape index (κ2) is 5.56. The van der Waals surface area contributed by atoms with Crippen LogP contribution in [0.5, 0.6) is 0 Å². The third-order valence-corrected chi connectivity index (χ3v) is 2.84. The minimum atomic E-state index is -1.02. The summed E-state index contributed by atoms with van der Waals surface area (Å²) in [5.74, 6) is -1.83. The molecule has 1 amide bonds. The molecule has 1 heterocycles. The fourth-order valence-electron chi connectivity index (χ4n) is 1.89. The number of amides is 1. The van der Waals surface area contributed by atoms with Crippen LogP contribution in [-0.2, 0) is 9.53 Å². The van der Waals surface area contributed by atoms with Gasteiger partial charge in [-0.25, -0.2) is 4.79 Å². The van der Waals surface area contributed by atoms with Crippen LogP contribution in [0, 0.1) is 5.92 Å². The molecular formula is C12H21NO5. The summed E-state index contributed by atoms with van der Waals surface area (Å²) in [6, 6.07) is 0. The van der Waals surface area contributed by atoms with Gasteiger partial charge in [0.15, 0.2) is 0 Å². The van der Waals surface area contributed by atoms with Gasteiger partial charge in [0.25, 0.3) is 0 Å². The normalized spacial score (nSPS) is 25.4. The van der Waals surface area contributed by atoms with E-state index in [-0.39, 0.29) is 12.8 Å². The van der Waals surface area contributed by atoms with Crippen molar-refractivity contribution in [2.75, 3.05) is 13.1 Å². The van der Waals surface area contributed by atoms with E-state index in [1.54, 1.807) is 20.8 Å². The Morgan fingerprint density at radius 1 is 1.22 bits per heavy atom. The minimum Gasteiger partial charge on any atom is -0.481 e. The monoisotopic (exact) mass is 259 g/mol. The van der Waals surface area contributed by atoms with Crippen LogP contribution in [-0.4, -0.2) is 52.0 Å². The quantitative estimate of drug-likeness (QED) is 0.735. The van der Waals surface area contributed by atoms with E-state index in [2.05, 4.69) is 0 Å². The summed E-state index contributed by atoms with van der Waals surface area (Å²) in [5, 5.41) is 18.6. The highest BCUT2D eigenvalue weighted by molar-refractivity contribution is 5.71. The first kappa shape index (κ1) is 14.8. The van der Waals surface area contributed by atoms with E-state index in [4.69, 9.17) is 9.84 Å². The van der Waals surface area contributed by atoms with Crippen molar-refractivity contribution in [1.82, 2.24) is 4.90 Å². The molecule has 0 bridgehead atoms. The second-order valence-electron chi connectivity index (χ2n) is 5.56. The highest BCUT2D eigenvalue weighted by Gasteiger charge is 2.32. The van der Waals surface area contributed by atoms with Gasteiger partial charge in [0.2, 0.25) is 0 Å². The molecule has 0 radical (unpaired) electrons. The molecule has 0 saturated carbocycles. The van der Waals surface area contributed by atoms with Crippen molar-refractivity contribution in [1.29, 1.82) is 0 Å². The van der Waals surface area contributed by atoms with Crippen molar-refractivity contribution < 1.29 is 24.5 Å². The maximum atomic E-state index is 11.8. The molecule has 0 aromatic carbocycles. The Hall–Kier alpha value is -1.30. The molecule has 0 unspecified atom stereocenters. The van der Waals surface area contributed by atoms with Gasteiger partial charge in [-0.05, 0) is 33.6 Å². The summed E-state index contributed by atoms with van der Waals surface area (Å²) in [6.07, 6.45) is -0.859. The number of hydrogen-bond acceptors (Lipinski definition) is 4. The van der Waals surface area contributed by atoms with Crippen molar-refractivity contribution in [3.05, 3.63) is 0 Å². The van der Waals surface area contributed by atoms with Crippen LogP contribution in [0.2, 0.25) is 0 Å². The molecule has 18 heavy (non-hydrogen) atoms. The Bertz CT molecular complexity index is 323. The van der Waals surface area contributed by atoms with Crippen LogP contribution in [0.15, 0.2) is 0 Å². The molecule has 1 saturated heterocycles. The average molecular weight is 259 g/mol. The van der Waals surface area contributed by atoms with Crippen LogP contribution in [0.3, 0.4) is 0 Å². The van der Waals surface area contributed by atoms with Gasteiger partial charge in [-0.15, -0.1) is 0 Å². The van der Waals surface area contributed by atoms with Gasteiger partial charge < -0.3 is 19.8 Å². The molecule has 0 aromatic rings. The lowest BCUT2D eigenvalue weighted by molar-refractivity contribution is -0.145. The Labute approximate surface area is 107 Å². The number of aliphatic hydroxyl groups is 1. The summed E-state index contributed by atoms with van der Waals surface area (Å²) >= 11 is 0. The number of ether oxygens (including phenoxy) is 1. The molecule has 104 valence electrons. The summed E-state index contributed by atoms with van der Waals surface area (Å²) in [6.45, 7) is 5.94. The maximum absolute atomic E-state index is 11.8. The number of carboxylic acids is 1. The first-order valence-electron chi connectivity index (χ1n) is 6.09. The van der Waals surface area contributed by atoms with Gasteiger partial charge in [-0.3, -0.25) is 4.79 Å². The molecule has 2 N–H and O–H groups in total. The van der Waals surface area contributed by atoms with E-state index >= 15 is 0 Å². The van der Waals surface area contributed by atoms with Crippen LogP contribution in [0.4, 0.5) is 4.79 Å². The van der Waals surface area contributed by atoms with Crippen molar-refractivity contribution in [2.45, 2.75) is 45.3 Å². The van der Waals surface area contributed by atoms with E-state index in [0.29, 0.717) is 13.1 Å². The fourth-order valence-corrected chi connectivity index (χ4v) is 1.89. The Balaban J connectivity index is 2.61. The number of nitrogens with zero attached hydrogens (tertiary/aromatic N) is 1. The molecule has 0 spiro atoms. The number of carboxylic acid groups (broad SMARTS) is 1. The molecule has 1 rings (SSSR count). The lowest BCUT2D eigenvalue weighted by Gasteiger charge is -2.26. The van der Waals surface area contributed by atoms with Crippen molar-refractivity contribution >= 4 is 12.1 Å². The van der Waals surface area contributed by atoms with E-state index in [9.17, 15) is 14.7 Å². The standard InChI is InChI=1S/C12H21NO5/c1-12(2,3)18-11(17)13-6-4-8(10(15)16)9(14)5-7-13/h8-9,14H,4-7H2,1-3H3,(H,15,16)/t8-,9+/m0/s1. The number of aliphatic hydroxyl groups excluding tert-OH is 1. The van der Waals surface area contributed by atoms with Gasteiger partial charge >= 0.3 is 12.1 Å². The molecule has 6 nitrogen and oxygen atoms in total. The van der Waals surface area contributed by atoms with Gasteiger partial charge in [-0.2, -0.15) is 0 Å². The zero-order valence-electron chi connectivity index (χ0n) is 11.0. The summed E-state index contributed by atoms with van der Waals surface area (Å²) in [7, 11) is 0. The van der Waals surface area contributed by atoms with Gasteiger partial charge in [0.1, 0.15) is 5.60 Å². The van der Waals surface area contributed by atoms with Gasteiger partial charge in [0.05, 0.1) is 12.0 Å². The van der Waals surface area contributed by atoms with E-state index in [1.807, 2.05) is 0 Å². The number of aliphatic carboxylic acids is 1. The van der Waals surface area contributed by atoms with Crippen LogP contribution >= 0.6 is 0 Å². The zero-order valence-corrected chi connectivity index (χ0v) is 11.0. The lowest BCUT2D eigenvalue weighted by Crippen LogP contribution is -2.37. The molecule has 2 atom stereocenters. The van der Waals surface area contributed by atoms with Crippen molar-refractivity contribution in [3.8, 4) is 0 Å². The van der Waals surface area contributed by atoms with Gasteiger partial charge in [0, 0.05) is 13.1 Å². The van der Waals surface area contributed by atoms with Crippen LogP contribution in [0.1, 0.15) is 33.6 Å². The van der Waals surface area contributed by atoms with Crippen molar-refractivity contribution in [3.63, 3.8) is 0 Å². The SMILES string of the molecule is CC(C)(C)OC(=O)N1CC[C@@H](O)[C@@H](C(=O)O)CC1. The van der Waals surface area contributed by atoms with Crippen molar-refractivity contribution in [2.24, 2.45) is 5.92 Å². The third kappa shape index (κ3) is 4.18. The van der Waals surface area contributed by atoms with E-state index in [1.165, 1.54) is 4.90 Å². The van der Waals surface area contributed by atoms with Crippen LogP contribution < -0.4 is 0 Å². The Kier molecular flexibility index (Phi) is 4.56. The number of hydrogen-bond donors (Lipinski definition) is 2. The summed E-state index contributed by atoms with van der Waals surface area (Å²) in [4.78, 5) is 24.2. The summed E-state index contributed by atoms with van der Waals surface area (Å²) in [5.41, 5.74) is -0.575. The summed E-state index contributed by atoms with van der Waals surface area (Å²) < 4.78 is 5.22. The number of carbonyl (C=O) groups excluding carboxylic acids is 1. The maximum Gasteiger partial charge on any atom is 0.410 e. The number of likely N-dealkylation sites (tertiary alicyclic amines) is 1. The van der Waals surface area contributed by atoms with Crippen LogP contribution in [0.25, 0.3) is 0 Å². The number of rotatable bonds is 1. The van der Waals surface area contributed by atoms with E-state index < -0.39 is 29.7 Å². The zero-order chi connectivity index (χ0) is 13.9. The topological polar surface area (TPSA) is 87.1 Å². The van der Waals surface area contributed by atoms with E-state index in [0.717, 1.165) is 0 Å². The first-order chi connectivity index (χ1) is 8.20. The Morgan fingerprint density at radius 3 is 2.28 bits per heavy atom. The largest absolute Gasteiger partial charge is 0.481 e.